The highest BCUT2D eigenvalue weighted by Crippen LogP contribution is 2.33. The molecule has 2 amide bonds. The number of carbonyl (C=O) groups excluding carboxylic acids is 2. The van der Waals surface area contributed by atoms with Crippen LogP contribution in [-0.4, -0.2) is 50.3 Å². The predicted octanol–water partition coefficient (Wildman–Crippen LogP) is 3.22. The van der Waals surface area contributed by atoms with Crippen molar-refractivity contribution in [3.63, 3.8) is 0 Å². The average Bonchev–Trinajstić information content (AvgIpc) is 3.31. The molecule has 11 heteroatoms. The Morgan fingerprint density at radius 1 is 1.23 bits per heavy atom. The number of hydrogen-bond acceptors (Lipinski definition) is 7. The Kier molecular flexibility index (Phi) is 5.03. The van der Waals surface area contributed by atoms with Crippen LogP contribution < -0.4 is 5.32 Å². The number of aromatic nitrogens is 3. The standard InChI is InChI=1S/C20H21F2N5O4/c21-16(22)18-26-25-17(31-18)10-7-12-14(23-8-10)9-27(19(12)28)15-4-2-1-3-13(15)24-20(29)30-11-5-6-11/h7-8,11,13,15-16H,1-6,9H2,(H,24,29)/t13-,15?/m1/s1. The zero-order valence-corrected chi connectivity index (χ0v) is 16.6. The summed E-state index contributed by atoms with van der Waals surface area (Å²) < 4.78 is 35.7. The molecule has 1 unspecified atom stereocenters. The van der Waals surface area contributed by atoms with Gasteiger partial charge in [-0.1, -0.05) is 12.8 Å². The fraction of sp³-hybridized carbons (Fsp3) is 0.550. The van der Waals surface area contributed by atoms with E-state index in [1.165, 1.54) is 6.20 Å². The lowest BCUT2D eigenvalue weighted by Gasteiger charge is -2.37. The number of ether oxygens (including phenoxy) is 1. The summed E-state index contributed by atoms with van der Waals surface area (Å²) in [4.78, 5) is 31.4. The zero-order chi connectivity index (χ0) is 21.5. The summed E-state index contributed by atoms with van der Waals surface area (Å²) in [6.07, 6.45) is 3.38. The van der Waals surface area contributed by atoms with Crippen molar-refractivity contribution in [3.05, 3.63) is 29.4 Å². The Hall–Kier alpha value is -3.11. The van der Waals surface area contributed by atoms with Crippen LogP contribution in [0.25, 0.3) is 11.5 Å². The van der Waals surface area contributed by atoms with E-state index in [4.69, 9.17) is 9.15 Å². The molecule has 31 heavy (non-hydrogen) atoms. The van der Waals surface area contributed by atoms with Crippen molar-refractivity contribution in [3.8, 4) is 11.5 Å². The predicted molar refractivity (Wildman–Crippen MR) is 101 cm³/mol. The average molecular weight is 433 g/mol. The Morgan fingerprint density at radius 2 is 2.03 bits per heavy atom. The maximum atomic E-state index is 13.2. The van der Waals surface area contributed by atoms with E-state index >= 15 is 0 Å². The third kappa shape index (κ3) is 3.96. The molecule has 1 N–H and O–H groups in total. The third-order valence-corrected chi connectivity index (χ3v) is 5.89. The largest absolute Gasteiger partial charge is 0.446 e. The summed E-state index contributed by atoms with van der Waals surface area (Å²) in [6.45, 7) is 0.321. The maximum absolute atomic E-state index is 13.2. The highest BCUT2D eigenvalue weighted by Gasteiger charge is 2.40. The summed E-state index contributed by atoms with van der Waals surface area (Å²) in [7, 11) is 0. The number of rotatable bonds is 5. The Bertz CT molecular complexity index is 1010. The lowest BCUT2D eigenvalue weighted by atomic mass is 9.89. The summed E-state index contributed by atoms with van der Waals surface area (Å²) in [5, 5.41) is 9.87. The fourth-order valence-corrected chi connectivity index (χ4v) is 4.19. The Labute approximate surface area is 176 Å². The first-order valence-electron chi connectivity index (χ1n) is 10.4. The zero-order valence-electron chi connectivity index (χ0n) is 16.6. The number of carbonyl (C=O) groups is 2. The summed E-state index contributed by atoms with van der Waals surface area (Å²) >= 11 is 0. The Balaban J connectivity index is 1.33. The van der Waals surface area contributed by atoms with E-state index in [9.17, 15) is 18.4 Å². The van der Waals surface area contributed by atoms with Crippen LogP contribution in [0.5, 0.6) is 0 Å². The second-order valence-corrected chi connectivity index (χ2v) is 8.10. The van der Waals surface area contributed by atoms with Gasteiger partial charge in [0.2, 0.25) is 5.89 Å². The van der Waals surface area contributed by atoms with Gasteiger partial charge in [-0.15, -0.1) is 10.2 Å². The first kappa shape index (κ1) is 19.8. The molecule has 164 valence electrons. The number of hydrogen-bond donors (Lipinski definition) is 1. The first-order chi connectivity index (χ1) is 15.0. The Morgan fingerprint density at radius 3 is 2.77 bits per heavy atom. The third-order valence-electron chi connectivity index (χ3n) is 5.89. The maximum Gasteiger partial charge on any atom is 0.407 e. The molecule has 5 rings (SSSR count). The van der Waals surface area contributed by atoms with Crippen LogP contribution >= 0.6 is 0 Å². The van der Waals surface area contributed by atoms with Crippen LogP contribution in [0.15, 0.2) is 16.7 Å². The van der Waals surface area contributed by atoms with Crippen LogP contribution in [0.3, 0.4) is 0 Å². The normalized spacial score (nSPS) is 23.2. The number of alkyl halides is 2. The molecule has 9 nitrogen and oxygen atoms in total. The van der Waals surface area contributed by atoms with Crippen LogP contribution in [0.1, 0.15) is 66.9 Å². The minimum Gasteiger partial charge on any atom is -0.446 e. The number of fused-ring (bicyclic) bond motifs is 1. The minimum atomic E-state index is -2.87. The second-order valence-electron chi connectivity index (χ2n) is 8.10. The van der Waals surface area contributed by atoms with Crippen LogP contribution in [0.2, 0.25) is 0 Å². The number of halogens is 2. The summed E-state index contributed by atoms with van der Waals surface area (Å²) in [6, 6.07) is 1.18. The second kappa shape index (κ2) is 7.86. The molecular formula is C20H21F2N5O4. The highest BCUT2D eigenvalue weighted by molar-refractivity contribution is 5.99. The summed E-state index contributed by atoms with van der Waals surface area (Å²) in [5.74, 6) is -1.11. The van der Waals surface area contributed by atoms with Crippen molar-refractivity contribution in [1.29, 1.82) is 0 Å². The van der Waals surface area contributed by atoms with E-state index in [2.05, 4.69) is 20.5 Å². The van der Waals surface area contributed by atoms with Gasteiger partial charge in [-0.3, -0.25) is 9.78 Å². The van der Waals surface area contributed by atoms with Gasteiger partial charge in [0.15, 0.2) is 0 Å². The molecule has 0 saturated heterocycles. The van der Waals surface area contributed by atoms with E-state index in [0.29, 0.717) is 23.4 Å². The van der Waals surface area contributed by atoms with Crippen molar-refractivity contribution in [2.75, 3.05) is 0 Å². The van der Waals surface area contributed by atoms with Crippen LogP contribution in [0.4, 0.5) is 13.6 Å². The molecule has 0 radical (unpaired) electrons. The van der Waals surface area contributed by atoms with E-state index in [1.807, 2.05) is 0 Å². The SMILES string of the molecule is O=C(N[C@@H]1CCCCC1N1Cc2ncc(-c3nnc(C(F)F)o3)cc2C1=O)OC1CC1. The smallest absolute Gasteiger partial charge is 0.407 e. The van der Waals surface area contributed by atoms with Crippen molar-refractivity contribution < 1.29 is 27.5 Å². The first-order valence-corrected chi connectivity index (χ1v) is 10.4. The number of nitrogens with zero attached hydrogens (tertiary/aromatic N) is 4. The van der Waals surface area contributed by atoms with Crippen molar-refractivity contribution >= 4 is 12.0 Å². The van der Waals surface area contributed by atoms with E-state index in [-0.39, 0.29) is 30.0 Å². The fourth-order valence-electron chi connectivity index (χ4n) is 4.19. The van der Waals surface area contributed by atoms with Gasteiger partial charge in [-0.25, -0.2) is 4.79 Å². The van der Waals surface area contributed by atoms with Crippen LogP contribution in [-0.2, 0) is 11.3 Å². The molecule has 3 aliphatic rings. The molecule has 2 fully saturated rings. The lowest BCUT2D eigenvalue weighted by molar-refractivity contribution is 0.0585. The minimum absolute atomic E-state index is 0.0117. The molecule has 0 aromatic carbocycles. The lowest BCUT2D eigenvalue weighted by Crippen LogP contribution is -2.53. The molecule has 1 aliphatic heterocycles. The molecular weight excluding hydrogens is 412 g/mol. The van der Waals surface area contributed by atoms with Gasteiger partial charge in [-0.05, 0) is 31.7 Å². The molecule has 2 aliphatic carbocycles. The van der Waals surface area contributed by atoms with Gasteiger partial charge in [0, 0.05) is 6.20 Å². The van der Waals surface area contributed by atoms with Crippen molar-refractivity contribution in [2.45, 2.75) is 69.7 Å². The van der Waals surface area contributed by atoms with Gasteiger partial charge >= 0.3 is 12.5 Å². The van der Waals surface area contributed by atoms with Gasteiger partial charge in [0.25, 0.3) is 11.8 Å². The van der Waals surface area contributed by atoms with Gasteiger partial charge in [-0.2, -0.15) is 8.78 Å². The number of nitrogens with one attached hydrogen (secondary N) is 1. The highest BCUT2D eigenvalue weighted by atomic mass is 19.3. The molecule has 2 aromatic rings. The topological polar surface area (TPSA) is 110 Å². The van der Waals surface area contributed by atoms with E-state index < -0.39 is 18.4 Å². The monoisotopic (exact) mass is 433 g/mol. The molecule has 3 heterocycles. The number of amides is 2. The van der Waals surface area contributed by atoms with Crippen LogP contribution in [0, 0.1) is 0 Å². The van der Waals surface area contributed by atoms with Crippen molar-refractivity contribution in [2.24, 2.45) is 0 Å². The molecule has 2 atom stereocenters. The van der Waals surface area contributed by atoms with Gasteiger partial charge < -0.3 is 19.4 Å². The van der Waals surface area contributed by atoms with Gasteiger partial charge in [0.1, 0.15) is 6.10 Å². The summed E-state index contributed by atoms with van der Waals surface area (Å²) in [5.41, 5.74) is 1.27. The number of alkyl carbamates (subject to hydrolysis) is 1. The molecule has 0 bridgehead atoms. The van der Waals surface area contributed by atoms with E-state index in [0.717, 1.165) is 38.5 Å². The molecule has 0 spiro atoms. The van der Waals surface area contributed by atoms with Crippen molar-refractivity contribution in [1.82, 2.24) is 25.4 Å². The quantitative estimate of drug-likeness (QED) is 0.771. The van der Waals surface area contributed by atoms with E-state index in [1.54, 1.807) is 11.0 Å². The molecule has 2 saturated carbocycles. The molecule has 2 aromatic heterocycles. The number of pyridine rings is 1. The van der Waals surface area contributed by atoms with Gasteiger partial charge in [0.05, 0.1) is 35.4 Å².